The van der Waals surface area contributed by atoms with Gasteiger partial charge in [0.1, 0.15) is 11.8 Å². The van der Waals surface area contributed by atoms with Crippen molar-refractivity contribution in [2.45, 2.75) is 25.3 Å². The van der Waals surface area contributed by atoms with E-state index in [2.05, 4.69) is 6.07 Å². The van der Waals surface area contributed by atoms with Gasteiger partial charge in [-0.25, -0.2) is 0 Å². The van der Waals surface area contributed by atoms with E-state index >= 15 is 0 Å². The monoisotopic (exact) mass is 420 g/mol. The third-order valence-corrected chi connectivity index (χ3v) is 5.66. The van der Waals surface area contributed by atoms with E-state index in [0.717, 1.165) is 23.3 Å². The van der Waals surface area contributed by atoms with E-state index < -0.39 is 11.9 Å². The molecule has 7 nitrogen and oxygen atoms in total. The number of nitrogens with two attached hydrogens (primary N) is 1. The molecular formula is C24H28N4O3. The van der Waals surface area contributed by atoms with E-state index in [4.69, 9.17) is 15.7 Å². The van der Waals surface area contributed by atoms with Gasteiger partial charge in [0, 0.05) is 32.6 Å². The number of carbonyl (C=O) groups is 2. The first kappa shape index (κ1) is 22.3. The van der Waals surface area contributed by atoms with Gasteiger partial charge in [0.2, 0.25) is 11.8 Å². The number of rotatable bonds is 7. The first-order chi connectivity index (χ1) is 15.0. The Labute approximate surface area is 183 Å². The molecule has 1 aliphatic heterocycles. The average Bonchev–Trinajstić information content (AvgIpc) is 3.04. The molecule has 31 heavy (non-hydrogen) atoms. The number of hydrogen-bond acceptors (Lipinski definition) is 5. The Morgan fingerprint density at radius 1 is 1.06 bits per heavy atom. The third-order valence-electron chi connectivity index (χ3n) is 5.66. The SMILES string of the molecule is COc1ccc(CCC(=O)N2CCCN(C(C(N)=O)c3ccc(C#N)cc3)CC2)cc1. The van der Waals surface area contributed by atoms with Gasteiger partial charge in [0.25, 0.3) is 0 Å². The van der Waals surface area contributed by atoms with Gasteiger partial charge in [-0.3, -0.25) is 14.5 Å². The van der Waals surface area contributed by atoms with Gasteiger partial charge in [0.05, 0.1) is 18.7 Å². The van der Waals surface area contributed by atoms with Crippen molar-refractivity contribution < 1.29 is 14.3 Å². The highest BCUT2D eigenvalue weighted by Crippen LogP contribution is 2.23. The Morgan fingerprint density at radius 3 is 2.39 bits per heavy atom. The summed E-state index contributed by atoms with van der Waals surface area (Å²) in [7, 11) is 1.63. The lowest BCUT2D eigenvalue weighted by molar-refractivity contribution is -0.131. The fraction of sp³-hybridized carbons (Fsp3) is 0.375. The summed E-state index contributed by atoms with van der Waals surface area (Å²) in [5.74, 6) is 0.490. The Balaban J connectivity index is 1.59. The van der Waals surface area contributed by atoms with Gasteiger partial charge in [0.15, 0.2) is 0 Å². The third kappa shape index (κ3) is 5.83. The number of ether oxygens (including phenoxy) is 1. The maximum atomic E-state index is 12.8. The van der Waals surface area contributed by atoms with Crippen LogP contribution in [0.3, 0.4) is 0 Å². The smallest absolute Gasteiger partial charge is 0.239 e. The zero-order chi connectivity index (χ0) is 22.2. The van der Waals surface area contributed by atoms with E-state index in [0.29, 0.717) is 44.6 Å². The van der Waals surface area contributed by atoms with Crippen LogP contribution >= 0.6 is 0 Å². The number of benzene rings is 2. The lowest BCUT2D eigenvalue weighted by atomic mass is 10.0. The summed E-state index contributed by atoms with van der Waals surface area (Å²) in [5, 5.41) is 8.99. The van der Waals surface area contributed by atoms with Crippen molar-refractivity contribution in [3.05, 3.63) is 65.2 Å². The van der Waals surface area contributed by atoms with Crippen LogP contribution in [0.4, 0.5) is 0 Å². The molecule has 1 fully saturated rings. The van der Waals surface area contributed by atoms with Gasteiger partial charge in [-0.2, -0.15) is 5.26 Å². The average molecular weight is 421 g/mol. The Kier molecular flexibility index (Phi) is 7.63. The molecule has 0 aromatic heterocycles. The van der Waals surface area contributed by atoms with Crippen LogP contribution in [0, 0.1) is 11.3 Å². The van der Waals surface area contributed by atoms with Crippen LogP contribution in [-0.2, 0) is 16.0 Å². The molecule has 1 unspecified atom stereocenters. The maximum Gasteiger partial charge on any atom is 0.239 e. The van der Waals surface area contributed by atoms with Crippen LogP contribution in [0.15, 0.2) is 48.5 Å². The predicted octanol–water partition coefficient (Wildman–Crippen LogP) is 2.26. The minimum absolute atomic E-state index is 0.117. The molecule has 0 radical (unpaired) electrons. The minimum Gasteiger partial charge on any atom is -0.497 e. The van der Waals surface area contributed by atoms with Gasteiger partial charge < -0.3 is 15.4 Å². The van der Waals surface area contributed by atoms with E-state index in [1.807, 2.05) is 34.1 Å². The molecule has 2 N–H and O–H groups in total. The van der Waals surface area contributed by atoms with Gasteiger partial charge in [-0.05, 0) is 48.2 Å². The number of carbonyl (C=O) groups excluding carboxylic acids is 2. The second-order valence-corrected chi connectivity index (χ2v) is 7.66. The summed E-state index contributed by atoms with van der Waals surface area (Å²) in [6.07, 6.45) is 1.90. The largest absolute Gasteiger partial charge is 0.497 e. The van der Waals surface area contributed by atoms with E-state index in [1.54, 1.807) is 31.4 Å². The molecular weight excluding hydrogens is 392 g/mol. The molecule has 0 spiro atoms. The van der Waals surface area contributed by atoms with Crippen molar-refractivity contribution in [3.63, 3.8) is 0 Å². The normalized spacial score (nSPS) is 15.5. The summed E-state index contributed by atoms with van der Waals surface area (Å²) in [5.41, 5.74) is 8.12. The Hall–Kier alpha value is -3.37. The van der Waals surface area contributed by atoms with Crippen molar-refractivity contribution in [2.75, 3.05) is 33.3 Å². The number of amides is 2. The molecule has 2 amide bonds. The second kappa shape index (κ2) is 10.6. The molecule has 0 saturated carbocycles. The zero-order valence-electron chi connectivity index (χ0n) is 17.8. The zero-order valence-corrected chi connectivity index (χ0v) is 17.8. The highest BCUT2D eigenvalue weighted by Gasteiger charge is 2.28. The summed E-state index contributed by atoms with van der Waals surface area (Å²) >= 11 is 0. The molecule has 2 aromatic carbocycles. The van der Waals surface area contributed by atoms with Gasteiger partial charge >= 0.3 is 0 Å². The van der Waals surface area contributed by atoms with Crippen LogP contribution < -0.4 is 10.5 Å². The molecule has 1 atom stereocenters. The lowest BCUT2D eigenvalue weighted by Gasteiger charge is -2.28. The van der Waals surface area contributed by atoms with Crippen LogP contribution in [0.1, 0.15) is 35.6 Å². The number of methoxy groups -OCH3 is 1. The van der Waals surface area contributed by atoms with Crippen molar-refractivity contribution in [2.24, 2.45) is 5.73 Å². The number of primary amides is 1. The highest BCUT2D eigenvalue weighted by atomic mass is 16.5. The predicted molar refractivity (Wildman–Crippen MR) is 117 cm³/mol. The molecule has 0 aliphatic carbocycles. The standard InChI is InChI=1S/C24H28N4O3/c1-31-21-10-5-18(6-11-21)7-12-22(29)27-13-2-14-28(16-15-27)23(24(26)30)20-8-3-19(17-25)4-9-20/h3-6,8-11,23H,2,7,12-16H2,1H3,(H2,26,30). The molecule has 1 heterocycles. The fourth-order valence-electron chi connectivity index (χ4n) is 3.94. The Bertz CT molecular complexity index is 935. The number of nitriles is 1. The van der Waals surface area contributed by atoms with E-state index in [1.165, 1.54) is 0 Å². The second-order valence-electron chi connectivity index (χ2n) is 7.66. The first-order valence-electron chi connectivity index (χ1n) is 10.5. The van der Waals surface area contributed by atoms with Crippen molar-refractivity contribution >= 4 is 11.8 Å². The van der Waals surface area contributed by atoms with Crippen molar-refractivity contribution in [1.29, 1.82) is 5.26 Å². The summed E-state index contributed by atoms with van der Waals surface area (Å²) in [4.78, 5) is 28.9. The van der Waals surface area contributed by atoms with Crippen molar-refractivity contribution in [3.8, 4) is 11.8 Å². The molecule has 162 valence electrons. The van der Waals surface area contributed by atoms with Gasteiger partial charge in [-0.15, -0.1) is 0 Å². The molecule has 1 saturated heterocycles. The molecule has 0 bridgehead atoms. The van der Waals surface area contributed by atoms with Crippen LogP contribution in [0.25, 0.3) is 0 Å². The Morgan fingerprint density at radius 2 is 1.77 bits per heavy atom. The van der Waals surface area contributed by atoms with E-state index in [9.17, 15) is 9.59 Å². The molecule has 2 aromatic rings. The number of hydrogen-bond donors (Lipinski definition) is 1. The van der Waals surface area contributed by atoms with E-state index in [-0.39, 0.29) is 5.91 Å². The van der Waals surface area contributed by atoms with Crippen LogP contribution in [-0.4, -0.2) is 54.9 Å². The number of aryl methyl sites for hydroxylation is 1. The topological polar surface area (TPSA) is 99.7 Å². The molecule has 3 rings (SSSR count). The lowest BCUT2D eigenvalue weighted by Crippen LogP contribution is -2.41. The number of nitrogens with zero attached hydrogens (tertiary/aromatic N) is 3. The fourth-order valence-corrected chi connectivity index (χ4v) is 3.94. The quantitative estimate of drug-likeness (QED) is 0.741. The van der Waals surface area contributed by atoms with Crippen molar-refractivity contribution in [1.82, 2.24) is 9.80 Å². The van der Waals surface area contributed by atoms with Crippen LogP contribution in [0.2, 0.25) is 0 Å². The summed E-state index contributed by atoms with van der Waals surface area (Å²) in [6.45, 7) is 2.47. The minimum atomic E-state index is -0.568. The van der Waals surface area contributed by atoms with Crippen LogP contribution in [0.5, 0.6) is 5.75 Å². The first-order valence-corrected chi connectivity index (χ1v) is 10.5. The highest BCUT2D eigenvalue weighted by molar-refractivity contribution is 5.81. The maximum absolute atomic E-state index is 12.8. The van der Waals surface area contributed by atoms with Gasteiger partial charge in [-0.1, -0.05) is 24.3 Å². The molecule has 1 aliphatic rings. The summed E-state index contributed by atoms with van der Waals surface area (Å²) < 4.78 is 5.17. The summed E-state index contributed by atoms with van der Waals surface area (Å²) in [6, 6.07) is 16.2. The molecule has 7 heteroatoms.